The van der Waals surface area contributed by atoms with Crippen LogP contribution in [-0.4, -0.2) is 45.1 Å². The van der Waals surface area contributed by atoms with Crippen LogP contribution in [0, 0.1) is 11.3 Å². The number of ether oxygens (including phenoxy) is 1. The lowest BCUT2D eigenvalue weighted by Gasteiger charge is -2.13. The number of aromatic nitrogens is 2. The van der Waals surface area contributed by atoms with Crippen molar-refractivity contribution in [3.63, 3.8) is 0 Å². The van der Waals surface area contributed by atoms with Crippen molar-refractivity contribution < 1.29 is 19.1 Å². The summed E-state index contributed by atoms with van der Waals surface area (Å²) in [7, 11) is 0. The molecular weight excluding hydrogens is 432 g/mol. The smallest absolute Gasteiger partial charge is 0.318 e. The molecule has 2 amide bonds. The number of carbonyl (C=O) groups excluding carboxylic acids is 3. The summed E-state index contributed by atoms with van der Waals surface area (Å²) in [4.78, 5) is 56.6. The van der Waals surface area contributed by atoms with Crippen molar-refractivity contribution in [1.29, 1.82) is 5.26 Å². The van der Waals surface area contributed by atoms with Crippen LogP contribution in [0.15, 0.2) is 64.5 Å². The van der Waals surface area contributed by atoms with E-state index in [1.807, 2.05) is 6.07 Å². The number of amides is 2. The number of hydrogen-bond donors (Lipinski definition) is 1. The summed E-state index contributed by atoms with van der Waals surface area (Å²) in [5, 5.41) is 9.43. The van der Waals surface area contributed by atoms with Gasteiger partial charge in [-0.1, -0.05) is 54.2 Å². The van der Waals surface area contributed by atoms with E-state index >= 15 is 0 Å². The highest BCUT2D eigenvalue weighted by atomic mass is 32.2. The molecule has 32 heavy (non-hydrogen) atoms. The predicted molar refractivity (Wildman–Crippen MR) is 114 cm³/mol. The van der Waals surface area contributed by atoms with E-state index in [4.69, 9.17) is 4.74 Å². The fourth-order valence-corrected chi connectivity index (χ4v) is 3.75. The number of rotatable bonds is 6. The third-order valence-corrected chi connectivity index (χ3v) is 5.46. The molecule has 158 valence electrons. The SMILES string of the molecule is N#Cc1c(-c2ccccc2)nc(SCC(=O)OCN2C(=O)c3ccccc3C2=O)[nH]c1=O. The number of thioether (sulfide) groups is 1. The van der Waals surface area contributed by atoms with Gasteiger partial charge in [-0.3, -0.25) is 19.2 Å². The van der Waals surface area contributed by atoms with Crippen molar-refractivity contribution in [1.82, 2.24) is 14.9 Å². The summed E-state index contributed by atoms with van der Waals surface area (Å²) < 4.78 is 5.06. The number of imide groups is 1. The zero-order valence-corrected chi connectivity index (χ0v) is 17.2. The number of carbonyl (C=O) groups is 3. The Bertz CT molecular complexity index is 1300. The number of nitriles is 1. The lowest BCUT2D eigenvalue weighted by Crippen LogP contribution is -2.33. The number of aromatic amines is 1. The zero-order chi connectivity index (χ0) is 22.7. The molecule has 4 rings (SSSR count). The first-order valence-electron chi connectivity index (χ1n) is 9.33. The van der Waals surface area contributed by atoms with E-state index in [-0.39, 0.29) is 33.3 Å². The predicted octanol–water partition coefficient (Wildman–Crippen LogP) is 2.20. The molecule has 10 heteroatoms. The molecule has 0 radical (unpaired) electrons. The van der Waals surface area contributed by atoms with Crippen LogP contribution in [0.3, 0.4) is 0 Å². The summed E-state index contributed by atoms with van der Waals surface area (Å²) >= 11 is 0.903. The second kappa shape index (κ2) is 8.87. The van der Waals surface area contributed by atoms with Gasteiger partial charge in [0.05, 0.1) is 22.6 Å². The Morgan fingerprint density at radius 3 is 2.28 bits per heavy atom. The Morgan fingerprint density at radius 2 is 1.66 bits per heavy atom. The van der Waals surface area contributed by atoms with Crippen LogP contribution in [0.25, 0.3) is 11.3 Å². The summed E-state index contributed by atoms with van der Waals surface area (Å²) in [6.45, 7) is -0.516. The second-order valence-electron chi connectivity index (χ2n) is 6.59. The van der Waals surface area contributed by atoms with Crippen LogP contribution >= 0.6 is 11.8 Å². The molecule has 3 aromatic rings. The average Bonchev–Trinajstić information content (AvgIpc) is 3.06. The lowest BCUT2D eigenvalue weighted by atomic mass is 10.1. The fraction of sp³-hybridized carbons (Fsp3) is 0.0909. The number of H-pyrrole nitrogens is 1. The zero-order valence-electron chi connectivity index (χ0n) is 16.4. The van der Waals surface area contributed by atoms with Gasteiger partial charge in [-0.15, -0.1) is 0 Å². The maximum Gasteiger partial charge on any atom is 0.318 e. The number of hydrogen-bond acceptors (Lipinski definition) is 8. The first-order chi connectivity index (χ1) is 15.5. The molecule has 1 aromatic heterocycles. The number of nitrogens with zero attached hydrogens (tertiary/aromatic N) is 3. The fourth-order valence-electron chi connectivity index (χ4n) is 3.09. The molecule has 9 nitrogen and oxygen atoms in total. The van der Waals surface area contributed by atoms with Gasteiger partial charge in [0, 0.05) is 5.56 Å². The highest BCUT2D eigenvalue weighted by Crippen LogP contribution is 2.23. The van der Waals surface area contributed by atoms with Crippen LogP contribution < -0.4 is 5.56 Å². The van der Waals surface area contributed by atoms with Gasteiger partial charge in [-0.05, 0) is 12.1 Å². The summed E-state index contributed by atoms with van der Waals surface area (Å²) in [6.07, 6.45) is 0. The molecule has 0 aliphatic carbocycles. The highest BCUT2D eigenvalue weighted by Gasteiger charge is 2.35. The van der Waals surface area contributed by atoms with E-state index in [0.717, 1.165) is 16.7 Å². The molecule has 1 N–H and O–H groups in total. The van der Waals surface area contributed by atoms with Crippen LogP contribution in [0.5, 0.6) is 0 Å². The van der Waals surface area contributed by atoms with Crippen molar-refractivity contribution in [2.24, 2.45) is 0 Å². The topological polar surface area (TPSA) is 133 Å². The maximum atomic E-state index is 12.3. The van der Waals surface area contributed by atoms with Gasteiger partial charge in [-0.2, -0.15) is 5.26 Å². The Morgan fingerprint density at radius 1 is 1.03 bits per heavy atom. The summed E-state index contributed by atoms with van der Waals surface area (Å²) in [6, 6.07) is 16.9. The van der Waals surface area contributed by atoms with E-state index in [9.17, 15) is 24.4 Å². The van der Waals surface area contributed by atoms with E-state index in [1.54, 1.807) is 42.5 Å². The molecular formula is C22H14N4O5S. The molecule has 0 saturated heterocycles. The van der Waals surface area contributed by atoms with Crippen molar-refractivity contribution in [3.8, 4) is 17.3 Å². The molecule has 0 spiro atoms. The Labute approximate surface area is 185 Å². The largest absolute Gasteiger partial charge is 0.443 e. The minimum Gasteiger partial charge on any atom is -0.443 e. The number of fused-ring (bicyclic) bond motifs is 1. The number of benzene rings is 2. The Kier molecular flexibility index (Phi) is 5.83. The number of esters is 1. The van der Waals surface area contributed by atoms with Gasteiger partial charge >= 0.3 is 5.97 Å². The van der Waals surface area contributed by atoms with Gasteiger partial charge in [-0.25, -0.2) is 9.88 Å². The van der Waals surface area contributed by atoms with E-state index in [1.165, 1.54) is 12.1 Å². The van der Waals surface area contributed by atoms with Crippen molar-refractivity contribution in [2.45, 2.75) is 5.16 Å². The molecule has 0 saturated carbocycles. The van der Waals surface area contributed by atoms with Crippen LogP contribution in [0.4, 0.5) is 0 Å². The van der Waals surface area contributed by atoms with Gasteiger partial charge in [0.2, 0.25) is 0 Å². The van der Waals surface area contributed by atoms with Crippen molar-refractivity contribution in [2.75, 3.05) is 12.5 Å². The standard InChI is InChI=1S/C22H14N4O5S/c23-10-16-18(13-6-2-1-3-7-13)24-22(25-19(16)28)32-11-17(27)31-12-26-20(29)14-8-4-5-9-15(14)21(26)30/h1-9H,11-12H2,(H,24,25,28). The average molecular weight is 446 g/mol. The van der Waals surface area contributed by atoms with Gasteiger partial charge < -0.3 is 9.72 Å². The first-order valence-corrected chi connectivity index (χ1v) is 10.3. The summed E-state index contributed by atoms with van der Waals surface area (Å²) in [5.74, 6) is -2.00. The summed E-state index contributed by atoms with van der Waals surface area (Å²) in [5.41, 5.74) is 0.562. The molecule has 2 aromatic carbocycles. The van der Waals surface area contributed by atoms with E-state index < -0.39 is 30.1 Å². The normalized spacial score (nSPS) is 12.4. The molecule has 0 unspecified atom stereocenters. The number of nitrogens with one attached hydrogen (secondary N) is 1. The van der Waals surface area contributed by atoms with Gasteiger partial charge in [0.25, 0.3) is 17.4 Å². The van der Waals surface area contributed by atoms with E-state index in [0.29, 0.717) is 5.56 Å². The monoisotopic (exact) mass is 446 g/mol. The van der Waals surface area contributed by atoms with Crippen LogP contribution in [-0.2, 0) is 9.53 Å². The maximum absolute atomic E-state index is 12.3. The highest BCUT2D eigenvalue weighted by molar-refractivity contribution is 7.99. The van der Waals surface area contributed by atoms with Crippen molar-refractivity contribution in [3.05, 3.63) is 81.6 Å². The van der Waals surface area contributed by atoms with Crippen molar-refractivity contribution >= 4 is 29.5 Å². The molecule has 0 atom stereocenters. The molecule has 2 heterocycles. The Hall–Kier alpha value is -4.23. The third kappa shape index (κ3) is 4.01. The first kappa shape index (κ1) is 21.0. The Balaban J connectivity index is 1.41. The minimum absolute atomic E-state index is 0.130. The lowest BCUT2D eigenvalue weighted by molar-refractivity contribution is -0.142. The molecule has 0 fully saturated rings. The quantitative estimate of drug-likeness (QED) is 0.264. The molecule has 1 aliphatic rings. The van der Waals surface area contributed by atoms with Crippen LogP contribution in [0.2, 0.25) is 0 Å². The minimum atomic E-state index is -0.708. The molecule has 1 aliphatic heterocycles. The van der Waals surface area contributed by atoms with Crippen LogP contribution in [0.1, 0.15) is 26.3 Å². The van der Waals surface area contributed by atoms with E-state index in [2.05, 4.69) is 9.97 Å². The molecule has 0 bridgehead atoms. The third-order valence-electron chi connectivity index (χ3n) is 4.62. The second-order valence-corrected chi connectivity index (χ2v) is 7.55. The van der Waals surface area contributed by atoms with Gasteiger partial charge in [0.1, 0.15) is 11.6 Å². The van der Waals surface area contributed by atoms with Gasteiger partial charge in [0.15, 0.2) is 11.9 Å².